The van der Waals surface area contributed by atoms with Gasteiger partial charge in [0.2, 0.25) is 0 Å². The van der Waals surface area contributed by atoms with Crippen molar-refractivity contribution in [2.24, 2.45) is 0 Å². The minimum absolute atomic E-state index is 0.149. The highest BCUT2D eigenvalue weighted by atomic mass is 19.1. The van der Waals surface area contributed by atoms with Gasteiger partial charge in [-0.3, -0.25) is 0 Å². The largest absolute Gasteiger partial charge is 0.497 e. The van der Waals surface area contributed by atoms with E-state index < -0.39 is 0 Å². The topological polar surface area (TPSA) is 21.3 Å². The summed E-state index contributed by atoms with van der Waals surface area (Å²) >= 11 is 0. The molecule has 104 valence electrons. The van der Waals surface area contributed by atoms with Gasteiger partial charge in [0, 0.05) is 0 Å². The molecule has 0 aromatic heterocycles. The lowest BCUT2D eigenvalue weighted by Crippen LogP contribution is -2.09. The summed E-state index contributed by atoms with van der Waals surface area (Å²) in [6.07, 6.45) is 2.00. The summed E-state index contributed by atoms with van der Waals surface area (Å²) in [5.41, 5.74) is 4.07. The first kappa shape index (κ1) is 13.0. The van der Waals surface area contributed by atoms with Crippen LogP contribution in [0.25, 0.3) is 0 Å². The van der Waals surface area contributed by atoms with Gasteiger partial charge in [0.25, 0.3) is 0 Å². The van der Waals surface area contributed by atoms with Crippen LogP contribution in [0.1, 0.15) is 29.2 Å². The minimum atomic E-state index is -0.193. The van der Waals surface area contributed by atoms with E-state index in [1.807, 2.05) is 19.1 Å². The molecular weight excluding hydrogens is 253 g/mol. The van der Waals surface area contributed by atoms with E-state index in [2.05, 4.69) is 17.4 Å². The van der Waals surface area contributed by atoms with Gasteiger partial charge < -0.3 is 10.1 Å². The Morgan fingerprint density at radius 3 is 2.85 bits per heavy atom. The number of para-hydroxylation sites is 1. The summed E-state index contributed by atoms with van der Waals surface area (Å²) in [4.78, 5) is 0. The van der Waals surface area contributed by atoms with Crippen LogP contribution >= 0.6 is 0 Å². The van der Waals surface area contributed by atoms with Crippen LogP contribution in [0.4, 0.5) is 10.1 Å². The van der Waals surface area contributed by atoms with E-state index in [1.54, 1.807) is 13.2 Å². The first-order valence-corrected chi connectivity index (χ1v) is 6.87. The lowest BCUT2D eigenvalue weighted by atomic mass is 10.1. The van der Waals surface area contributed by atoms with Crippen molar-refractivity contribution < 1.29 is 9.13 Å². The van der Waals surface area contributed by atoms with E-state index in [1.165, 1.54) is 17.2 Å². The monoisotopic (exact) mass is 271 g/mol. The number of benzene rings is 2. The van der Waals surface area contributed by atoms with Gasteiger partial charge in [0.15, 0.2) is 0 Å². The average Bonchev–Trinajstić information content (AvgIpc) is 2.85. The zero-order valence-electron chi connectivity index (χ0n) is 11.7. The molecule has 0 fully saturated rings. The number of halogens is 1. The van der Waals surface area contributed by atoms with Crippen LogP contribution in [-0.4, -0.2) is 7.11 Å². The third-order valence-electron chi connectivity index (χ3n) is 3.97. The summed E-state index contributed by atoms with van der Waals surface area (Å²) in [6.45, 7) is 1.92. The van der Waals surface area contributed by atoms with Gasteiger partial charge in [-0.25, -0.2) is 4.39 Å². The minimum Gasteiger partial charge on any atom is -0.497 e. The second-order valence-corrected chi connectivity index (χ2v) is 5.23. The molecule has 3 heteroatoms. The fourth-order valence-corrected chi connectivity index (χ4v) is 2.85. The number of hydrogen-bond donors (Lipinski definition) is 1. The summed E-state index contributed by atoms with van der Waals surface area (Å²) in [6, 6.07) is 11.4. The molecule has 0 heterocycles. The maximum atomic E-state index is 13.9. The SMILES string of the molecule is COc1ccc2c(c1)C(Nc1c(C)cccc1F)CC2. The summed E-state index contributed by atoms with van der Waals surface area (Å²) in [5, 5.41) is 3.35. The van der Waals surface area contributed by atoms with E-state index in [4.69, 9.17) is 4.74 Å². The molecule has 20 heavy (non-hydrogen) atoms. The van der Waals surface area contributed by atoms with Crippen LogP contribution in [0.15, 0.2) is 36.4 Å². The van der Waals surface area contributed by atoms with Crippen molar-refractivity contribution in [1.29, 1.82) is 0 Å². The fraction of sp³-hybridized carbons (Fsp3) is 0.294. The highest BCUT2D eigenvalue weighted by Crippen LogP contribution is 2.37. The Balaban J connectivity index is 1.92. The quantitative estimate of drug-likeness (QED) is 0.901. The Kier molecular flexibility index (Phi) is 3.35. The first-order valence-electron chi connectivity index (χ1n) is 6.87. The standard InChI is InChI=1S/C17H18FNO/c1-11-4-3-5-15(18)17(11)19-16-9-7-12-6-8-13(20-2)10-14(12)16/h3-6,8,10,16,19H,7,9H2,1-2H3. The molecular formula is C17H18FNO. The molecule has 1 aliphatic rings. The number of methoxy groups -OCH3 is 1. The van der Waals surface area contributed by atoms with Gasteiger partial charge >= 0.3 is 0 Å². The van der Waals surface area contributed by atoms with Crippen molar-refractivity contribution in [2.75, 3.05) is 12.4 Å². The number of aryl methyl sites for hydroxylation is 2. The average molecular weight is 271 g/mol. The molecule has 0 spiro atoms. The van der Waals surface area contributed by atoms with Crippen LogP contribution < -0.4 is 10.1 Å². The van der Waals surface area contributed by atoms with E-state index in [-0.39, 0.29) is 11.9 Å². The summed E-state index contributed by atoms with van der Waals surface area (Å²) in [5.74, 6) is 0.657. The smallest absolute Gasteiger partial charge is 0.146 e. The normalized spacial score (nSPS) is 16.9. The highest BCUT2D eigenvalue weighted by Gasteiger charge is 2.24. The Bertz CT molecular complexity index is 619. The van der Waals surface area contributed by atoms with E-state index >= 15 is 0 Å². The van der Waals surface area contributed by atoms with Crippen molar-refractivity contribution in [3.8, 4) is 5.75 Å². The maximum Gasteiger partial charge on any atom is 0.146 e. The Labute approximate surface area is 118 Å². The van der Waals surface area contributed by atoms with Gasteiger partial charge in [-0.1, -0.05) is 18.2 Å². The third kappa shape index (κ3) is 2.24. The predicted molar refractivity (Wildman–Crippen MR) is 78.8 cm³/mol. The highest BCUT2D eigenvalue weighted by molar-refractivity contribution is 5.55. The van der Waals surface area contributed by atoms with Crippen molar-refractivity contribution >= 4 is 5.69 Å². The molecule has 2 aromatic carbocycles. The van der Waals surface area contributed by atoms with Crippen molar-refractivity contribution in [1.82, 2.24) is 0 Å². The fourth-order valence-electron chi connectivity index (χ4n) is 2.85. The molecule has 2 aromatic rings. The van der Waals surface area contributed by atoms with Crippen molar-refractivity contribution in [2.45, 2.75) is 25.8 Å². The van der Waals surface area contributed by atoms with Gasteiger partial charge in [-0.05, 0) is 54.7 Å². The molecule has 1 N–H and O–H groups in total. The van der Waals surface area contributed by atoms with Crippen LogP contribution in [-0.2, 0) is 6.42 Å². The number of rotatable bonds is 3. The van der Waals surface area contributed by atoms with E-state index in [0.717, 1.165) is 24.2 Å². The molecule has 0 amide bonds. The zero-order valence-corrected chi connectivity index (χ0v) is 11.7. The van der Waals surface area contributed by atoms with Gasteiger partial charge in [-0.15, -0.1) is 0 Å². The second kappa shape index (κ2) is 5.16. The molecule has 2 nitrogen and oxygen atoms in total. The molecule has 1 unspecified atom stereocenters. The van der Waals surface area contributed by atoms with Crippen molar-refractivity contribution in [3.63, 3.8) is 0 Å². The summed E-state index contributed by atoms with van der Waals surface area (Å²) < 4.78 is 19.2. The number of fused-ring (bicyclic) bond motifs is 1. The first-order chi connectivity index (χ1) is 9.69. The third-order valence-corrected chi connectivity index (χ3v) is 3.97. The zero-order chi connectivity index (χ0) is 14.1. The lowest BCUT2D eigenvalue weighted by molar-refractivity contribution is 0.414. The van der Waals surface area contributed by atoms with Crippen molar-refractivity contribution in [3.05, 3.63) is 58.9 Å². The lowest BCUT2D eigenvalue weighted by Gasteiger charge is -2.18. The molecule has 0 saturated heterocycles. The van der Waals surface area contributed by atoms with Gasteiger partial charge in [0.1, 0.15) is 11.6 Å². The Morgan fingerprint density at radius 2 is 2.10 bits per heavy atom. The van der Waals surface area contributed by atoms with Crippen LogP contribution in [0.5, 0.6) is 5.75 Å². The van der Waals surface area contributed by atoms with Crippen LogP contribution in [0.3, 0.4) is 0 Å². The molecule has 0 bridgehead atoms. The van der Waals surface area contributed by atoms with E-state index in [0.29, 0.717) is 5.69 Å². The number of anilines is 1. The van der Waals surface area contributed by atoms with Gasteiger partial charge in [-0.2, -0.15) is 0 Å². The van der Waals surface area contributed by atoms with Crippen LogP contribution in [0.2, 0.25) is 0 Å². The Morgan fingerprint density at radius 1 is 1.25 bits per heavy atom. The molecule has 1 aliphatic carbocycles. The Hall–Kier alpha value is -2.03. The van der Waals surface area contributed by atoms with E-state index in [9.17, 15) is 4.39 Å². The number of nitrogens with one attached hydrogen (secondary N) is 1. The van der Waals surface area contributed by atoms with Gasteiger partial charge in [0.05, 0.1) is 18.8 Å². The molecule has 0 saturated carbocycles. The molecule has 0 radical (unpaired) electrons. The van der Waals surface area contributed by atoms with Crippen LogP contribution in [0, 0.1) is 12.7 Å². The number of ether oxygens (including phenoxy) is 1. The summed E-state index contributed by atoms with van der Waals surface area (Å²) in [7, 11) is 1.67. The predicted octanol–water partition coefficient (Wildman–Crippen LogP) is 4.24. The molecule has 3 rings (SSSR count). The molecule has 1 atom stereocenters. The maximum absolute atomic E-state index is 13.9. The number of hydrogen-bond acceptors (Lipinski definition) is 2. The molecule has 0 aliphatic heterocycles. The second-order valence-electron chi connectivity index (χ2n) is 5.23.